The number of hydrogen-bond acceptors (Lipinski definition) is 3. The second-order valence-electron chi connectivity index (χ2n) is 4.63. The van der Waals surface area contributed by atoms with Gasteiger partial charge >= 0.3 is 5.69 Å². The summed E-state index contributed by atoms with van der Waals surface area (Å²) in [7, 11) is 0. The van der Waals surface area contributed by atoms with Crippen LogP contribution < -0.4 is 11.0 Å². The van der Waals surface area contributed by atoms with E-state index in [1.165, 1.54) is 0 Å². The van der Waals surface area contributed by atoms with Gasteiger partial charge in [-0.2, -0.15) is 5.10 Å². The van der Waals surface area contributed by atoms with Crippen LogP contribution in [0.4, 0.5) is 0 Å². The summed E-state index contributed by atoms with van der Waals surface area (Å²) in [5.41, 5.74) is 0.0582. The Morgan fingerprint density at radius 3 is 2.65 bits per heavy atom. The normalized spacial score (nSPS) is 17.5. The van der Waals surface area contributed by atoms with Crippen LogP contribution >= 0.6 is 0 Å². The number of nitrogens with zero attached hydrogens (tertiary/aromatic N) is 3. The average Bonchev–Trinajstić information content (AvgIpc) is 2.69. The molecule has 0 unspecified atom stereocenters. The molecule has 0 aliphatic carbocycles. The molecule has 0 amide bonds. The van der Waals surface area contributed by atoms with Gasteiger partial charge < -0.3 is 5.32 Å². The van der Waals surface area contributed by atoms with Crippen LogP contribution in [0.1, 0.15) is 44.9 Å². The summed E-state index contributed by atoms with van der Waals surface area (Å²) in [6.45, 7) is 7.58. The maximum absolute atomic E-state index is 12.1. The zero-order chi connectivity index (χ0) is 12.3. The highest BCUT2D eigenvalue weighted by Gasteiger charge is 2.22. The molecule has 0 bridgehead atoms. The molecule has 1 N–H and O–H groups in total. The molecule has 1 aliphatic rings. The van der Waals surface area contributed by atoms with Gasteiger partial charge in [0.1, 0.15) is 5.82 Å². The highest BCUT2D eigenvalue weighted by atomic mass is 16.2. The van der Waals surface area contributed by atoms with Crippen molar-refractivity contribution in [3.8, 4) is 0 Å². The quantitative estimate of drug-likeness (QED) is 0.849. The van der Waals surface area contributed by atoms with Crippen LogP contribution in [0.15, 0.2) is 4.79 Å². The Bertz CT molecular complexity index is 415. The third kappa shape index (κ3) is 2.44. The second kappa shape index (κ2) is 5.49. The standard InChI is InChI=1S/C12H22N4O/c1-3-9-15-11(10-5-7-13-8-6-10)14-16(4-2)12(15)17/h10,13H,3-9H2,1-2H3. The molecule has 0 spiro atoms. The van der Waals surface area contributed by atoms with E-state index >= 15 is 0 Å². The van der Waals surface area contributed by atoms with Crippen molar-refractivity contribution in [2.24, 2.45) is 0 Å². The van der Waals surface area contributed by atoms with E-state index in [-0.39, 0.29) is 5.69 Å². The summed E-state index contributed by atoms with van der Waals surface area (Å²) < 4.78 is 3.46. The summed E-state index contributed by atoms with van der Waals surface area (Å²) in [5.74, 6) is 1.45. The molecule has 0 radical (unpaired) electrons. The molecule has 2 heterocycles. The lowest BCUT2D eigenvalue weighted by molar-refractivity contribution is 0.426. The maximum atomic E-state index is 12.1. The Balaban J connectivity index is 2.33. The van der Waals surface area contributed by atoms with Crippen molar-refractivity contribution in [1.82, 2.24) is 19.7 Å². The van der Waals surface area contributed by atoms with Crippen LogP contribution in [0.2, 0.25) is 0 Å². The van der Waals surface area contributed by atoms with Gasteiger partial charge in [-0.3, -0.25) is 4.57 Å². The van der Waals surface area contributed by atoms with Crippen LogP contribution in [0.5, 0.6) is 0 Å². The van der Waals surface area contributed by atoms with E-state index in [1.54, 1.807) is 4.68 Å². The summed E-state index contributed by atoms with van der Waals surface area (Å²) >= 11 is 0. The van der Waals surface area contributed by atoms with Crippen LogP contribution in [0, 0.1) is 0 Å². The number of hydrogen-bond donors (Lipinski definition) is 1. The van der Waals surface area contributed by atoms with Gasteiger partial charge in [-0.15, -0.1) is 0 Å². The first-order valence-electron chi connectivity index (χ1n) is 6.66. The molecule has 2 rings (SSSR count). The van der Waals surface area contributed by atoms with Gasteiger partial charge in [0.25, 0.3) is 0 Å². The van der Waals surface area contributed by atoms with Crippen LogP contribution in [-0.2, 0) is 13.1 Å². The number of piperidine rings is 1. The van der Waals surface area contributed by atoms with Gasteiger partial charge in [0.2, 0.25) is 0 Å². The maximum Gasteiger partial charge on any atom is 0.345 e. The van der Waals surface area contributed by atoms with Crippen molar-refractivity contribution in [2.45, 2.75) is 52.1 Å². The fourth-order valence-electron chi connectivity index (χ4n) is 2.48. The molecule has 1 fully saturated rings. The van der Waals surface area contributed by atoms with E-state index in [0.717, 1.165) is 44.7 Å². The SMILES string of the molecule is CCCn1c(C2CCNCC2)nn(CC)c1=O. The smallest absolute Gasteiger partial charge is 0.317 e. The molecule has 1 aromatic rings. The summed E-state index contributed by atoms with van der Waals surface area (Å²) in [4.78, 5) is 12.1. The molecule has 1 aliphatic heterocycles. The van der Waals surface area contributed by atoms with E-state index in [1.807, 2.05) is 11.5 Å². The monoisotopic (exact) mass is 238 g/mol. The summed E-state index contributed by atoms with van der Waals surface area (Å²) in [5, 5.41) is 7.86. The van der Waals surface area contributed by atoms with Gasteiger partial charge in [-0.05, 0) is 39.3 Å². The number of nitrogens with one attached hydrogen (secondary N) is 1. The van der Waals surface area contributed by atoms with Crippen molar-refractivity contribution in [3.63, 3.8) is 0 Å². The molecule has 0 aromatic carbocycles. The van der Waals surface area contributed by atoms with Crippen molar-refractivity contribution >= 4 is 0 Å². The third-order valence-electron chi connectivity index (χ3n) is 3.40. The van der Waals surface area contributed by atoms with Crippen LogP contribution in [0.25, 0.3) is 0 Å². The van der Waals surface area contributed by atoms with Gasteiger partial charge in [-0.1, -0.05) is 6.92 Å². The van der Waals surface area contributed by atoms with E-state index in [0.29, 0.717) is 12.5 Å². The van der Waals surface area contributed by atoms with Gasteiger partial charge in [-0.25, -0.2) is 9.48 Å². The Kier molecular flexibility index (Phi) is 3.99. The van der Waals surface area contributed by atoms with Crippen molar-refractivity contribution in [3.05, 3.63) is 16.3 Å². The topological polar surface area (TPSA) is 51.9 Å². The number of aromatic nitrogens is 3. The molecular formula is C12H22N4O. The molecule has 0 atom stereocenters. The molecule has 5 nitrogen and oxygen atoms in total. The molecule has 1 aromatic heterocycles. The first kappa shape index (κ1) is 12.4. The van der Waals surface area contributed by atoms with E-state index < -0.39 is 0 Å². The van der Waals surface area contributed by atoms with E-state index in [2.05, 4.69) is 17.3 Å². The second-order valence-corrected chi connectivity index (χ2v) is 4.63. The number of rotatable bonds is 4. The lowest BCUT2D eigenvalue weighted by Gasteiger charge is -2.21. The van der Waals surface area contributed by atoms with Gasteiger partial charge in [0.15, 0.2) is 0 Å². The highest BCUT2D eigenvalue weighted by molar-refractivity contribution is 4.99. The Labute approximate surface area is 102 Å². The van der Waals surface area contributed by atoms with Crippen molar-refractivity contribution in [1.29, 1.82) is 0 Å². The van der Waals surface area contributed by atoms with E-state index in [9.17, 15) is 4.79 Å². The average molecular weight is 238 g/mol. The zero-order valence-electron chi connectivity index (χ0n) is 10.8. The molecular weight excluding hydrogens is 216 g/mol. The lowest BCUT2D eigenvalue weighted by Crippen LogP contribution is -2.29. The molecule has 17 heavy (non-hydrogen) atoms. The number of aryl methyl sites for hydroxylation is 1. The minimum atomic E-state index is 0.0582. The Morgan fingerprint density at radius 2 is 2.06 bits per heavy atom. The Morgan fingerprint density at radius 1 is 1.35 bits per heavy atom. The molecule has 5 heteroatoms. The van der Waals surface area contributed by atoms with Gasteiger partial charge in [0.05, 0.1) is 0 Å². The zero-order valence-corrected chi connectivity index (χ0v) is 10.8. The molecule has 0 saturated carbocycles. The Hall–Kier alpha value is -1.10. The first-order chi connectivity index (χ1) is 8.27. The molecule has 1 saturated heterocycles. The fraction of sp³-hybridized carbons (Fsp3) is 0.833. The predicted molar refractivity (Wildman–Crippen MR) is 67.3 cm³/mol. The largest absolute Gasteiger partial charge is 0.345 e. The lowest BCUT2D eigenvalue weighted by atomic mass is 9.97. The van der Waals surface area contributed by atoms with Crippen molar-refractivity contribution in [2.75, 3.05) is 13.1 Å². The summed E-state index contributed by atoms with van der Waals surface area (Å²) in [6, 6.07) is 0. The fourth-order valence-corrected chi connectivity index (χ4v) is 2.48. The minimum Gasteiger partial charge on any atom is -0.317 e. The third-order valence-corrected chi connectivity index (χ3v) is 3.40. The summed E-state index contributed by atoms with van der Waals surface area (Å²) in [6.07, 6.45) is 3.15. The molecule has 96 valence electrons. The van der Waals surface area contributed by atoms with Gasteiger partial charge in [0, 0.05) is 19.0 Å². The van der Waals surface area contributed by atoms with E-state index in [4.69, 9.17) is 0 Å². The predicted octanol–water partition coefficient (Wildman–Crippen LogP) is 0.942. The van der Waals surface area contributed by atoms with Crippen molar-refractivity contribution < 1.29 is 0 Å². The van der Waals surface area contributed by atoms with Crippen LogP contribution in [0.3, 0.4) is 0 Å². The van der Waals surface area contributed by atoms with Crippen LogP contribution in [-0.4, -0.2) is 27.4 Å². The first-order valence-corrected chi connectivity index (χ1v) is 6.66. The highest BCUT2D eigenvalue weighted by Crippen LogP contribution is 2.22. The minimum absolute atomic E-state index is 0.0582.